The minimum Gasteiger partial charge on any atom is -0.344 e. The number of hydrogen-bond donors (Lipinski definition) is 1. The molecular weight excluding hydrogens is 462 g/mol. The fraction of sp³-hybridized carbons (Fsp3) is 0.407. The molecule has 0 saturated carbocycles. The predicted molar refractivity (Wildman–Crippen MR) is 137 cm³/mol. The van der Waals surface area contributed by atoms with Gasteiger partial charge in [-0.1, -0.05) is 60.7 Å². The molecule has 8 heteroatoms. The average molecular weight is 496 g/mol. The SMILES string of the molecule is O=C(NC(Cc1ccccc1)C(=O)N1CCCC1)C1CCN(S(=O)(=O)/C=C/c2ccccc2)CC1. The van der Waals surface area contributed by atoms with E-state index in [9.17, 15) is 18.0 Å². The summed E-state index contributed by atoms with van der Waals surface area (Å²) in [6.07, 6.45) is 4.87. The second kappa shape index (κ2) is 11.6. The number of benzene rings is 2. The zero-order valence-corrected chi connectivity index (χ0v) is 20.7. The van der Waals surface area contributed by atoms with E-state index in [1.54, 1.807) is 6.08 Å². The Morgan fingerprint density at radius 1 is 0.914 bits per heavy atom. The Kier molecular flexibility index (Phi) is 8.36. The highest BCUT2D eigenvalue weighted by Crippen LogP contribution is 2.22. The second-order valence-electron chi connectivity index (χ2n) is 9.21. The van der Waals surface area contributed by atoms with Gasteiger partial charge in [0.1, 0.15) is 6.04 Å². The third-order valence-electron chi connectivity index (χ3n) is 6.73. The van der Waals surface area contributed by atoms with Crippen LogP contribution in [-0.4, -0.2) is 61.7 Å². The summed E-state index contributed by atoms with van der Waals surface area (Å²) in [4.78, 5) is 28.1. The summed E-state index contributed by atoms with van der Waals surface area (Å²) in [7, 11) is -3.56. The van der Waals surface area contributed by atoms with Crippen LogP contribution >= 0.6 is 0 Å². The van der Waals surface area contributed by atoms with Crippen molar-refractivity contribution in [2.24, 2.45) is 5.92 Å². The minimum atomic E-state index is -3.56. The quantitative estimate of drug-likeness (QED) is 0.610. The number of carbonyl (C=O) groups excluding carboxylic acids is 2. The molecule has 1 atom stereocenters. The average Bonchev–Trinajstić information content (AvgIpc) is 3.43. The van der Waals surface area contributed by atoms with Crippen LogP contribution in [0.4, 0.5) is 0 Å². The molecule has 0 bridgehead atoms. The van der Waals surface area contributed by atoms with Crippen molar-refractivity contribution in [3.05, 3.63) is 77.2 Å². The molecule has 0 radical (unpaired) electrons. The molecule has 0 aliphatic carbocycles. The number of piperidine rings is 1. The van der Waals surface area contributed by atoms with Crippen LogP contribution in [0.1, 0.15) is 36.8 Å². The first-order valence-electron chi connectivity index (χ1n) is 12.3. The van der Waals surface area contributed by atoms with Crippen molar-refractivity contribution >= 4 is 27.9 Å². The molecular formula is C27H33N3O4S. The van der Waals surface area contributed by atoms with E-state index in [2.05, 4.69) is 5.32 Å². The van der Waals surface area contributed by atoms with Crippen molar-refractivity contribution in [3.8, 4) is 0 Å². The minimum absolute atomic E-state index is 0.0363. The Morgan fingerprint density at radius 3 is 2.14 bits per heavy atom. The molecule has 1 N–H and O–H groups in total. The van der Waals surface area contributed by atoms with Crippen LogP contribution in [0, 0.1) is 5.92 Å². The van der Waals surface area contributed by atoms with Crippen molar-refractivity contribution in [2.75, 3.05) is 26.2 Å². The Morgan fingerprint density at radius 2 is 1.51 bits per heavy atom. The van der Waals surface area contributed by atoms with E-state index in [0.29, 0.717) is 19.3 Å². The van der Waals surface area contributed by atoms with Crippen LogP contribution in [0.2, 0.25) is 0 Å². The summed E-state index contributed by atoms with van der Waals surface area (Å²) < 4.78 is 26.9. The lowest BCUT2D eigenvalue weighted by molar-refractivity contribution is -0.137. The molecule has 35 heavy (non-hydrogen) atoms. The van der Waals surface area contributed by atoms with Crippen molar-refractivity contribution in [3.63, 3.8) is 0 Å². The van der Waals surface area contributed by atoms with Gasteiger partial charge in [-0.15, -0.1) is 0 Å². The summed E-state index contributed by atoms with van der Waals surface area (Å²) in [5.74, 6) is -0.523. The Bertz CT molecular complexity index is 1120. The molecule has 0 spiro atoms. The fourth-order valence-corrected chi connectivity index (χ4v) is 5.91. The molecule has 2 aliphatic heterocycles. The van der Waals surface area contributed by atoms with Gasteiger partial charge < -0.3 is 10.2 Å². The molecule has 2 saturated heterocycles. The maximum absolute atomic E-state index is 13.2. The predicted octanol–water partition coefficient (Wildman–Crippen LogP) is 3.05. The highest BCUT2D eigenvalue weighted by atomic mass is 32.2. The molecule has 2 amide bonds. The fourth-order valence-electron chi connectivity index (χ4n) is 4.68. The smallest absolute Gasteiger partial charge is 0.245 e. The number of rotatable bonds is 8. The monoisotopic (exact) mass is 495 g/mol. The number of nitrogens with one attached hydrogen (secondary N) is 1. The topological polar surface area (TPSA) is 86.8 Å². The Hall–Kier alpha value is -2.97. The lowest BCUT2D eigenvalue weighted by Crippen LogP contribution is -2.51. The molecule has 2 fully saturated rings. The van der Waals surface area contributed by atoms with E-state index in [-0.39, 0.29) is 30.8 Å². The van der Waals surface area contributed by atoms with E-state index >= 15 is 0 Å². The van der Waals surface area contributed by atoms with Gasteiger partial charge in [0.2, 0.25) is 21.8 Å². The molecule has 2 heterocycles. The van der Waals surface area contributed by atoms with Crippen molar-refractivity contribution < 1.29 is 18.0 Å². The lowest BCUT2D eigenvalue weighted by atomic mass is 9.96. The van der Waals surface area contributed by atoms with Crippen LogP contribution in [-0.2, 0) is 26.0 Å². The molecule has 7 nitrogen and oxygen atoms in total. The maximum atomic E-state index is 13.2. The van der Waals surface area contributed by atoms with Gasteiger partial charge in [-0.25, -0.2) is 8.42 Å². The number of nitrogens with zero attached hydrogens (tertiary/aromatic N) is 2. The van der Waals surface area contributed by atoms with Gasteiger partial charge in [0.15, 0.2) is 0 Å². The van der Waals surface area contributed by atoms with Crippen molar-refractivity contribution in [1.29, 1.82) is 0 Å². The summed E-state index contributed by atoms with van der Waals surface area (Å²) in [6.45, 7) is 2.02. The molecule has 2 aromatic carbocycles. The maximum Gasteiger partial charge on any atom is 0.245 e. The van der Waals surface area contributed by atoms with Gasteiger partial charge in [-0.2, -0.15) is 4.31 Å². The Labute approximate surface area is 207 Å². The van der Waals surface area contributed by atoms with Gasteiger partial charge in [0, 0.05) is 43.9 Å². The Balaban J connectivity index is 1.36. The van der Waals surface area contributed by atoms with E-state index < -0.39 is 16.1 Å². The van der Waals surface area contributed by atoms with Crippen molar-refractivity contribution in [1.82, 2.24) is 14.5 Å². The van der Waals surface area contributed by atoms with Crippen LogP contribution < -0.4 is 5.32 Å². The molecule has 186 valence electrons. The molecule has 4 rings (SSSR count). The van der Waals surface area contributed by atoms with Crippen molar-refractivity contribution in [2.45, 2.75) is 38.1 Å². The largest absolute Gasteiger partial charge is 0.344 e. The summed E-state index contributed by atoms with van der Waals surface area (Å²) in [6, 6.07) is 18.4. The molecule has 0 aromatic heterocycles. The van der Waals surface area contributed by atoms with Crippen LogP contribution in [0.3, 0.4) is 0 Å². The highest BCUT2D eigenvalue weighted by Gasteiger charge is 2.33. The van der Waals surface area contributed by atoms with E-state index in [4.69, 9.17) is 0 Å². The molecule has 2 aliphatic rings. The number of carbonyl (C=O) groups is 2. The second-order valence-corrected chi connectivity index (χ2v) is 11.0. The molecule has 1 unspecified atom stereocenters. The van der Waals surface area contributed by atoms with Gasteiger partial charge in [-0.05, 0) is 42.9 Å². The lowest BCUT2D eigenvalue weighted by Gasteiger charge is -2.31. The van der Waals surface area contributed by atoms with E-state index in [0.717, 1.165) is 37.1 Å². The number of hydrogen-bond acceptors (Lipinski definition) is 4. The third-order valence-corrected chi connectivity index (χ3v) is 8.30. The van der Waals surface area contributed by atoms with Gasteiger partial charge >= 0.3 is 0 Å². The molecule has 2 aromatic rings. The first-order chi connectivity index (χ1) is 16.9. The van der Waals surface area contributed by atoms with Crippen LogP contribution in [0.15, 0.2) is 66.1 Å². The number of likely N-dealkylation sites (tertiary alicyclic amines) is 1. The van der Waals surface area contributed by atoms with Crippen LogP contribution in [0.5, 0.6) is 0 Å². The third kappa shape index (κ3) is 6.80. The van der Waals surface area contributed by atoms with Crippen LogP contribution in [0.25, 0.3) is 6.08 Å². The zero-order valence-electron chi connectivity index (χ0n) is 19.9. The highest BCUT2D eigenvalue weighted by molar-refractivity contribution is 7.92. The number of sulfonamides is 1. The van der Waals surface area contributed by atoms with E-state index in [1.807, 2.05) is 65.6 Å². The van der Waals surface area contributed by atoms with Gasteiger partial charge in [0.05, 0.1) is 0 Å². The van der Waals surface area contributed by atoms with Gasteiger partial charge in [0.25, 0.3) is 0 Å². The zero-order chi connectivity index (χ0) is 24.7. The summed E-state index contributed by atoms with van der Waals surface area (Å²) in [5.41, 5.74) is 1.81. The standard InChI is InChI=1S/C27H33N3O4S/c31-26(28-25(21-23-11-5-2-6-12-23)27(32)29-16-7-8-17-29)24-13-18-30(19-14-24)35(33,34)20-15-22-9-3-1-4-10-22/h1-6,9-12,15,20,24-25H,7-8,13-14,16-19,21H2,(H,28,31)/b20-15+. The summed E-state index contributed by atoms with van der Waals surface area (Å²) >= 11 is 0. The first-order valence-corrected chi connectivity index (χ1v) is 13.8. The normalized spacial score (nSPS) is 18.6. The number of amides is 2. The first kappa shape index (κ1) is 25.1. The van der Waals surface area contributed by atoms with Gasteiger partial charge in [-0.3, -0.25) is 9.59 Å². The van der Waals surface area contributed by atoms with E-state index in [1.165, 1.54) is 9.71 Å². The summed E-state index contributed by atoms with van der Waals surface area (Å²) in [5, 5.41) is 4.23.